The van der Waals surface area contributed by atoms with E-state index in [2.05, 4.69) is 23.4 Å². The van der Waals surface area contributed by atoms with Crippen LogP contribution < -0.4 is 0 Å². The summed E-state index contributed by atoms with van der Waals surface area (Å²) >= 11 is 0. The first-order chi connectivity index (χ1) is 9.11. The summed E-state index contributed by atoms with van der Waals surface area (Å²) in [7, 11) is 1.73. The predicted molar refractivity (Wildman–Crippen MR) is 75.0 cm³/mol. The van der Waals surface area contributed by atoms with E-state index >= 15 is 0 Å². The van der Waals surface area contributed by atoms with E-state index < -0.39 is 6.10 Å². The fourth-order valence-electron chi connectivity index (χ4n) is 3.34. The van der Waals surface area contributed by atoms with Crippen molar-refractivity contribution in [3.05, 3.63) is 18.2 Å². The van der Waals surface area contributed by atoms with Gasteiger partial charge in [-0.1, -0.05) is 19.8 Å². The summed E-state index contributed by atoms with van der Waals surface area (Å²) in [6.07, 6.45) is 8.11. The molecule has 3 unspecified atom stereocenters. The second kappa shape index (κ2) is 6.06. The molecule has 3 atom stereocenters. The second-order valence-electron chi connectivity index (χ2n) is 5.82. The standard InChI is InChI=1S/C15H26N2O2/c1-4-17-9-8-16-14(17)10-13(18)15(19-3)7-5-6-12(2)11-15/h8-9,12-13,18H,4-7,10-11H2,1-3H3. The lowest BCUT2D eigenvalue weighted by Crippen LogP contribution is -2.48. The molecule has 1 aromatic rings. The number of nitrogens with zero attached hydrogens (tertiary/aromatic N) is 2. The average molecular weight is 266 g/mol. The Hall–Kier alpha value is -0.870. The van der Waals surface area contributed by atoms with Crippen molar-refractivity contribution in [1.82, 2.24) is 9.55 Å². The third-order valence-electron chi connectivity index (χ3n) is 4.52. The molecule has 0 radical (unpaired) electrons. The minimum absolute atomic E-state index is 0.387. The van der Waals surface area contributed by atoms with Gasteiger partial charge >= 0.3 is 0 Å². The first kappa shape index (κ1) is 14.5. The highest BCUT2D eigenvalue weighted by Gasteiger charge is 2.41. The monoisotopic (exact) mass is 266 g/mol. The van der Waals surface area contributed by atoms with Crippen LogP contribution in [0.3, 0.4) is 0 Å². The van der Waals surface area contributed by atoms with Crippen molar-refractivity contribution in [3.8, 4) is 0 Å². The Morgan fingerprint density at radius 1 is 1.63 bits per heavy atom. The van der Waals surface area contributed by atoms with Crippen LogP contribution >= 0.6 is 0 Å². The third-order valence-corrected chi connectivity index (χ3v) is 4.52. The Morgan fingerprint density at radius 2 is 2.42 bits per heavy atom. The molecule has 4 heteroatoms. The molecule has 1 N–H and O–H groups in total. The van der Waals surface area contributed by atoms with Gasteiger partial charge in [-0.15, -0.1) is 0 Å². The Labute approximate surface area is 115 Å². The van der Waals surface area contributed by atoms with E-state index in [1.807, 2.05) is 6.20 Å². The van der Waals surface area contributed by atoms with Crippen LogP contribution in [0, 0.1) is 5.92 Å². The van der Waals surface area contributed by atoms with Crippen molar-refractivity contribution in [3.63, 3.8) is 0 Å². The van der Waals surface area contributed by atoms with E-state index in [9.17, 15) is 5.11 Å². The van der Waals surface area contributed by atoms with Gasteiger partial charge in [0.25, 0.3) is 0 Å². The van der Waals surface area contributed by atoms with Crippen molar-refractivity contribution >= 4 is 0 Å². The minimum atomic E-state index is -0.479. The van der Waals surface area contributed by atoms with Crippen LogP contribution in [-0.4, -0.2) is 33.5 Å². The highest BCUT2D eigenvalue weighted by atomic mass is 16.5. The summed E-state index contributed by atoms with van der Waals surface area (Å²) in [5, 5.41) is 10.7. The van der Waals surface area contributed by atoms with Gasteiger partial charge in [0.05, 0.1) is 11.7 Å². The summed E-state index contributed by atoms with van der Waals surface area (Å²) in [6, 6.07) is 0. The number of hydrogen-bond acceptors (Lipinski definition) is 3. The first-order valence-corrected chi connectivity index (χ1v) is 7.34. The molecule has 2 rings (SSSR count). The zero-order valence-electron chi connectivity index (χ0n) is 12.3. The molecule has 0 aliphatic heterocycles. The average Bonchev–Trinajstić information content (AvgIpc) is 2.85. The van der Waals surface area contributed by atoms with Crippen LogP contribution in [0.25, 0.3) is 0 Å². The molecule has 1 aromatic heterocycles. The molecular weight excluding hydrogens is 240 g/mol. The molecule has 108 valence electrons. The SMILES string of the molecule is CCn1ccnc1CC(O)C1(OC)CCCC(C)C1. The topological polar surface area (TPSA) is 47.3 Å². The molecule has 4 nitrogen and oxygen atoms in total. The van der Waals surface area contributed by atoms with Gasteiger partial charge in [0.2, 0.25) is 0 Å². The number of imidazole rings is 1. The van der Waals surface area contributed by atoms with Gasteiger partial charge in [0.15, 0.2) is 0 Å². The van der Waals surface area contributed by atoms with Gasteiger partial charge in [-0.25, -0.2) is 4.98 Å². The van der Waals surface area contributed by atoms with Gasteiger partial charge < -0.3 is 14.4 Å². The van der Waals surface area contributed by atoms with Crippen LogP contribution in [0.15, 0.2) is 12.4 Å². The predicted octanol–water partition coefficient (Wildman–Crippen LogP) is 2.40. The number of ether oxygens (including phenoxy) is 1. The van der Waals surface area contributed by atoms with Crippen LogP contribution in [0.2, 0.25) is 0 Å². The van der Waals surface area contributed by atoms with Crippen LogP contribution in [0.1, 0.15) is 45.4 Å². The lowest BCUT2D eigenvalue weighted by Gasteiger charge is -2.42. The summed E-state index contributed by atoms with van der Waals surface area (Å²) in [6.45, 7) is 5.22. The molecule has 0 bridgehead atoms. The number of aryl methyl sites for hydroxylation is 1. The van der Waals surface area contributed by atoms with Gasteiger partial charge in [0.1, 0.15) is 5.82 Å². The Kier molecular flexibility index (Phi) is 4.63. The summed E-state index contributed by atoms with van der Waals surface area (Å²) in [4.78, 5) is 4.35. The molecule has 1 saturated carbocycles. The maximum absolute atomic E-state index is 10.7. The number of aromatic nitrogens is 2. The Bertz CT molecular complexity index is 405. The van der Waals surface area contributed by atoms with Crippen LogP contribution in [0.5, 0.6) is 0 Å². The van der Waals surface area contributed by atoms with E-state index in [-0.39, 0.29) is 5.60 Å². The lowest BCUT2D eigenvalue weighted by molar-refractivity contribution is -0.131. The quantitative estimate of drug-likeness (QED) is 0.890. The number of hydrogen-bond donors (Lipinski definition) is 1. The normalized spacial score (nSPS) is 29.4. The first-order valence-electron chi connectivity index (χ1n) is 7.34. The number of aliphatic hydroxyl groups is 1. The van der Waals surface area contributed by atoms with Gasteiger partial charge in [-0.05, 0) is 25.7 Å². The highest BCUT2D eigenvalue weighted by molar-refractivity contribution is 5.01. The van der Waals surface area contributed by atoms with Crippen molar-refractivity contribution in [1.29, 1.82) is 0 Å². The molecule has 1 aliphatic rings. The third kappa shape index (κ3) is 3.00. The molecule has 0 amide bonds. The van der Waals surface area contributed by atoms with Crippen molar-refractivity contribution in [2.24, 2.45) is 5.92 Å². The molecule has 0 aromatic carbocycles. The van der Waals surface area contributed by atoms with Crippen molar-refractivity contribution in [2.75, 3.05) is 7.11 Å². The van der Waals surface area contributed by atoms with Crippen LogP contribution in [0.4, 0.5) is 0 Å². The summed E-state index contributed by atoms with van der Waals surface area (Å²) in [5.41, 5.74) is -0.387. The molecular formula is C15H26N2O2. The highest BCUT2D eigenvalue weighted by Crippen LogP contribution is 2.38. The maximum Gasteiger partial charge on any atom is 0.111 e. The minimum Gasteiger partial charge on any atom is -0.390 e. The smallest absolute Gasteiger partial charge is 0.111 e. The molecule has 0 saturated heterocycles. The largest absolute Gasteiger partial charge is 0.390 e. The van der Waals surface area contributed by atoms with Crippen LogP contribution in [-0.2, 0) is 17.7 Å². The summed E-state index contributed by atoms with van der Waals surface area (Å²) < 4.78 is 7.83. The van der Waals surface area contributed by atoms with Crippen molar-refractivity contribution in [2.45, 2.75) is 64.2 Å². The summed E-state index contributed by atoms with van der Waals surface area (Å²) in [5.74, 6) is 1.57. The lowest BCUT2D eigenvalue weighted by atomic mass is 9.75. The fourth-order valence-corrected chi connectivity index (χ4v) is 3.34. The zero-order valence-corrected chi connectivity index (χ0v) is 12.3. The molecule has 19 heavy (non-hydrogen) atoms. The molecule has 1 heterocycles. The van der Waals surface area contributed by atoms with E-state index in [1.54, 1.807) is 13.3 Å². The van der Waals surface area contributed by atoms with Gasteiger partial charge in [0, 0.05) is 32.5 Å². The van der Waals surface area contributed by atoms with Gasteiger partial charge in [-0.2, -0.15) is 0 Å². The zero-order chi connectivity index (χ0) is 13.9. The molecule has 0 spiro atoms. The van der Waals surface area contributed by atoms with E-state index in [0.29, 0.717) is 12.3 Å². The number of rotatable bonds is 5. The fraction of sp³-hybridized carbons (Fsp3) is 0.800. The molecule has 1 fully saturated rings. The Balaban J connectivity index is 2.10. The van der Waals surface area contributed by atoms with E-state index in [1.165, 1.54) is 6.42 Å². The number of aliphatic hydroxyl groups excluding tert-OH is 1. The number of methoxy groups -OCH3 is 1. The van der Waals surface area contributed by atoms with Crippen molar-refractivity contribution < 1.29 is 9.84 Å². The second-order valence-corrected chi connectivity index (χ2v) is 5.82. The van der Waals surface area contributed by atoms with Gasteiger partial charge in [-0.3, -0.25) is 0 Å². The molecule has 1 aliphatic carbocycles. The Morgan fingerprint density at radius 3 is 3.05 bits per heavy atom. The van der Waals surface area contributed by atoms with E-state index in [0.717, 1.165) is 31.6 Å². The maximum atomic E-state index is 10.7. The van der Waals surface area contributed by atoms with E-state index in [4.69, 9.17) is 4.74 Å².